The Morgan fingerprint density at radius 1 is 0.972 bits per heavy atom. The summed E-state index contributed by atoms with van der Waals surface area (Å²) >= 11 is 0. The quantitative estimate of drug-likeness (QED) is 0.404. The lowest BCUT2D eigenvalue weighted by molar-refractivity contribution is 0.102. The highest BCUT2D eigenvalue weighted by Gasteiger charge is 2.17. The van der Waals surface area contributed by atoms with Crippen LogP contribution < -0.4 is 10.2 Å². The molecule has 5 aromatic rings. The normalized spacial score (nSPS) is 14.4. The number of rotatable bonds is 4. The van der Waals surface area contributed by atoms with E-state index in [1.807, 2.05) is 42.7 Å². The number of benzene rings is 1. The van der Waals surface area contributed by atoms with Gasteiger partial charge in [0.1, 0.15) is 11.5 Å². The van der Waals surface area contributed by atoms with E-state index in [-0.39, 0.29) is 5.91 Å². The molecule has 4 aromatic heterocycles. The smallest absolute Gasteiger partial charge is 0.257 e. The molecule has 36 heavy (non-hydrogen) atoms. The number of aromatic nitrogens is 5. The molecule has 0 unspecified atom stereocenters. The Kier molecular flexibility index (Phi) is 5.54. The zero-order valence-corrected chi connectivity index (χ0v) is 20.2. The maximum atomic E-state index is 13.0. The van der Waals surface area contributed by atoms with E-state index in [4.69, 9.17) is 0 Å². The van der Waals surface area contributed by atoms with Gasteiger partial charge in [-0.2, -0.15) is 0 Å². The van der Waals surface area contributed by atoms with Gasteiger partial charge in [-0.15, -0.1) is 10.2 Å². The average Bonchev–Trinajstić information content (AvgIpc) is 3.28. The highest BCUT2D eigenvalue weighted by Crippen LogP contribution is 2.27. The predicted octanol–water partition coefficient (Wildman–Crippen LogP) is 3.88. The van der Waals surface area contributed by atoms with E-state index in [1.165, 1.54) is 0 Å². The number of H-pyrrole nitrogens is 1. The molecule has 1 fully saturated rings. The largest absolute Gasteiger partial charge is 0.354 e. The van der Waals surface area contributed by atoms with Crippen LogP contribution in [-0.2, 0) is 0 Å². The average molecular weight is 479 g/mol. The van der Waals surface area contributed by atoms with E-state index >= 15 is 0 Å². The lowest BCUT2D eigenvalue weighted by Gasteiger charge is -2.33. The van der Waals surface area contributed by atoms with Gasteiger partial charge in [0.15, 0.2) is 5.82 Å². The molecule has 0 spiro atoms. The molecule has 0 saturated carbocycles. The number of carbonyl (C=O) groups is 1. The van der Waals surface area contributed by atoms with Crippen LogP contribution in [0, 0.1) is 6.92 Å². The van der Waals surface area contributed by atoms with Gasteiger partial charge in [0.25, 0.3) is 5.91 Å². The summed E-state index contributed by atoms with van der Waals surface area (Å²) in [6, 6.07) is 13.5. The van der Waals surface area contributed by atoms with E-state index in [0.29, 0.717) is 11.4 Å². The molecule has 9 nitrogen and oxygen atoms in total. The number of carbonyl (C=O) groups excluding carboxylic acids is 1. The summed E-state index contributed by atoms with van der Waals surface area (Å²) < 4.78 is 0. The maximum Gasteiger partial charge on any atom is 0.257 e. The lowest BCUT2D eigenvalue weighted by Crippen LogP contribution is -2.44. The highest BCUT2D eigenvalue weighted by molar-refractivity contribution is 6.04. The van der Waals surface area contributed by atoms with Gasteiger partial charge < -0.3 is 20.1 Å². The molecule has 0 atom stereocenters. The monoisotopic (exact) mass is 478 g/mol. The lowest BCUT2D eigenvalue weighted by atomic mass is 10.0. The number of likely N-dealkylation sites (N-methyl/N-ethyl adjacent to an activating group) is 1. The van der Waals surface area contributed by atoms with E-state index in [9.17, 15) is 4.79 Å². The number of nitrogens with one attached hydrogen (secondary N) is 2. The number of nitrogens with zero attached hydrogens (tertiary/aromatic N) is 6. The summed E-state index contributed by atoms with van der Waals surface area (Å²) in [4.78, 5) is 29.7. The van der Waals surface area contributed by atoms with Crippen molar-refractivity contribution >= 4 is 39.5 Å². The van der Waals surface area contributed by atoms with Gasteiger partial charge >= 0.3 is 0 Å². The van der Waals surface area contributed by atoms with Crippen LogP contribution in [0.25, 0.3) is 33.1 Å². The fraction of sp³-hybridized carbons (Fsp3) is 0.222. The van der Waals surface area contributed by atoms with Gasteiger partial charge in [-0.1, -0.05) is 6.07 Å². The minimum absolute atomic E-state index is 0.241. The van der Waals surface area contributed by atoms with Crippen molar-refractivity contribution < 1.29 is 4.79 Å². The summed E-state index contributed by atoms with van der Waals surface area (Å²) in [5.74, 6) is 0.973. The molecule has 180 valence electrons. The third kappa shape index (κ3) is 4.25. The number of hydrogen-bond donors (Lipinski definition) is 2. The van der Waals surface area contributed by atoms with Crippen molar-refractivity contribution in [2.24, 2.45) is 0 Å². The number of fused-ring (bicyclic) bond motifs is 2. The van der Waals surface area contributed by atoms with Crippen molar-refractivity contribution in [3.8, 4) is 11.1 Å². The molecule has 1 aromatic carbocycles. The molecule has 5 heterocycles. The van der Waals surface area contributed by atoms with Gasteiger partial charge in [0.05, 0.1) is 5.52 Å². The zero-order valence-electron chi connectivity index (χ0n) is 20.2. The Morgan fingerprint density at radius 3 is 2.69 bits per heavy atom. The van der Waals surface area contributed by atoms with Crippen LogP contribution in [0.15, 0.2) is 61.1 Å². The first-order valence-electron chi connectivity index (χ1n) is 12.0. The molecule has 0 aliphatic carbocycles. The molecule has 1 aliphatic rings. The van der Waals surface area contributed by atoms with Crippen molar-refractivity contribution in [3.05, 3.63) is 72.2 Å². The van der Waals surface area contributed by atoms with Gasteiger partial charge in [0, 0.05) is 66.7 Å². The molecule has 1 amide bonds. The van der Waals surface area contributed by atoms with Crippen molar-refractivity contribution in [1.82, 2.24) is 30.0 Å². The summed E-state index contributed by atoms with van der Waals surface area (Å²) in [5.41, 5.74) is 5.36. The fourth-order valence-electron chi connectivity index (χ4n) is 4.53. The van der Waals surface area contributed by atoms with Gasteiger partial charge in [-0.05, 0) is 61.5 Å². The Morgan fingerprint density at radius 2 is 1.83 bits per heavy atom. The van der Waals surface area contributed by atoms with Crippen molar-refractivity contribution in [2.75, 3.05) is 43.4 Å². The second-order valence-electron chi connectivity index (χ2n) is 9.24. The minimum atomic E-state index is -0.241. The zero-order chi connectivity index (χ0) is 24.6. The van der Waals surface area contributed by atoms with Crippen LogP contribution in [0.2, 0.25) is 0 Å². The third-order valence-electron chi connectivity index (χ3n) is 6.73. The first-order valence-corrected chi connectivity index (χ1v) is 12.0. The van der Waals surface area contributed by atoms with E-state index in [1.54, 1.807) is 12.3 Å². The number of aromatic amines is 1. The summed E-state index contributed by atoms with van der Waals surface area (Å²) in [6.07, 6.45) is 5.50. The third-order valence-corrected chi connectivity index (χ3v) is 6.73. The summed E-state index contributed by atoms with van der Waals surface area (Å²) in [5, 5.41) is 13.4. The first kappa shape index (κ1) is 22.1. The minimum Gasteiger partial charge on any atom is -0.354 e. The van der Waals surface area contributed by atoms with Gasteiger partial charge in [-0.3, -0.25) is 4.79 Å². The van der Waals surface area contributed by atoms with Crippen LogP contribution in [0.4, 0.5) is 11.6 Å². The number of hydrogen-bond acceptors (Lipinski definition) is 7. The highest BCUT2D eigenvalue weighted by atomic mass is 16.1. The van der Waals surface area contributed by atoms with Crippen molar-refractivity contribution in [2.45, 2.75) is 6.92 Å². The molecule has 2 N–H and O–H groups in total. The van der Waals surface area contributed by atoms with E-state index in [0.717, 1.165) is 70.6 Å². The van der Waals surface area contributed by atoms with Crippen LogP contribution in [0.5, 0.6) is 0 Å². The molecule has 0 bridgehead atoms. The number of pyridine rings is 2. The fourth-order valence-corrected chi connectivity index (χ4v) is 4.53. The molecular weight excluding hydrogens is 452 g/mol. The number of aryl methyl sites for hydroxylation is 1. The number of amides is 1. The SMILES string of the molecule is Cc1c[nH]c2ncc(-c3ccc4nnc(NC(=O)c5ccnc(N6CCN(C)CC6)c5)cc4c3)cc12. The molecule has 6 rings (SSSR count). The second kappa shape index (κ2) is 9.01. The summed E-state index contributed by atoms with van der Waals surface area (Å²) in [6.45, 7) is 5.79. The Balaban J connectivity index is 1.24. The number of piperazine rings is 1. The Hall–Kier alpha value is -4.37. The predicted molar refractivity (Wildman–Crippen MR) is 141 cm³/mol. The van der Waals surface area contributed by atoms with Crippen molar-refractivity contribution in [1.29, 1.82) is 0 Å². The van der Waals surface area contributed by atoms with Crippen LogP contribution in [0.1, 0.15) is 15.9 Å². The number of anilines is 2. The van der Waals surface area contributed by atoms with Crippen LogP contribution in [-0.4, -0.2) is 69.2 Å². The first-order chi connectivity index (χ1) is 17.5. The van der Waals surface area contributed by atoms with Gasteiger partial charge in [0.2, 0.25) is 0 Å². The Bertz CT molecular complexity index is 1590. The maximum absolute atomic E-state index is 13.0. The topological polar surface area (TPSA) is 103 Å². The molecule has 0 radical (unpaired) electrons. The summed E-state index contributed by atoms with van der Waals surface area (Å²) in [7, 11) is 2.11. The molecule has 9 heteroatoms. The van der Waals surface area contributed by atoms with Crippen LogP contribution >= 0.6 is 0 Å². The Labute approximate surface area is 208 Å². The van der Waals surface area contributed by atoms with E-state index < -0.39 is 0 Å². The second-order valence-corrected chi connectivity index (χ2v) is 9.24. The van der Waals surface area contributed by atoms with Gasteiger partial charge in [-0.25, -0.2) is 9.97 Å². The van der Waals surface area contributed by atoms with Crippen molar-refractivity contribution in [3.63, 3.8) is 0 Å². The van der Waals surface area contributed by atoms with E-state index in [2.05, 4.69) is 60.3 Å². The molecule has 1 saturated heterocycles. The molecule has 1 aliphatic heterocycles. The van der Waals surface area contributed by atoms with Crippen LogP contribution in [0.3, 0.4) is 0 Å². The molecular formula is C27H26N8O. The standard InChI is InChI=1S/C27H26N8O/c1-17-15-29-26-22(17)12-21(16-30-26)18-3-4-23-20(11-18)13-24(33-32-23)31-27(36)19-5-6-28-25(14-19)35-9-7-34(2)8-10-35/h3-6,11-16H,7-10H2,1-2H3,(H,29,30)(H,31,33,36).